The zero-order valence-electron chi connectivity index (χ0n) is 10.7. The number of nitrogens with one attached hydrogen (secondary N) is 1. The van der Waals surface area contributed by atoms with E-state index in [1.165, 1.54) is 11.5 Å². The Hall–Kier alpha value is -1.18. The molecule has 0 aliphatic carbocycles. The van der Waals surface area contributed by atoms with Gasteiger partial charge in [-0.05, 0) is 31.3 Å². The molecule has 0 amide bonds. The van der Waals surface area contributed by atoms with Gasteiger partial charge in [-0.3, -0.25) is 0 Å². The van der Waals surface area contributed by atoms with Crippen LogP contribution in [0.2, 0.25) is 0 Å². The van der Waals surface area contributed by atoms with Crippen molar-refractivity contribution in [3.63, 3.8) is 0 Å². The second kappa shape index (κ2) is 5.44. The monoisotopic (exact) mass is 296 g/mol. The number of aryl methyl sites for hydroxylation is 1. The van der Waals surface area contributed by atoms with Crippen LogP contribution < -0.4 is 11.1 Å². The topological polar surface area (TPSA) is 73.1 Å². The van der Waals surface area contributed by atoms with Gasteiger partial charge in [0.2, 0.25) is 0 Å². The third-order valence-corrected chi connectivity index (χ3v) is 4.72. The van der Waals surface area contributed by atoms with E-state index in [0.29, 0.717) is 11.9 Å². The molecule has 0 bridgehead atoms. The summed E-state index contributed by atoms with van der Waals surface area (Å²) in [5.41, 5.74) is 7.85. The minimum atomic E-state index is 0.437. The maximum Gasteiger partial charge on any atom is 0.148 e. The van der Waals surface area contributed by atoms with Gasteiger partial charge < -0.3 is 15.8 Å². The average Bonchev–Trinajstić information content (AvgIpc) is 2.97. The van der Waals surface area contributed by atoms with E-state index < -0.39 is 0 Å². The number of nitrogens with zero attached hydrogens (tertiary/aromatic N) is 2. The highest BCUT2D eigenvalue weighted by molar-refractivity contribution is 7.11. The van der Waals surface area contributed by atoms with Gasteiger partial charge in [0, 0.05) is 24.6 Å². The Labute approximate surface area is 120 Å². The summed E-state index contributed by atoms with van der Waals surface area (Å²) >= 11 is 3.04. The molecule has 5 nitrogen and oxygen atoms in total. The third kappa shape index (κ3) is 2.72. The van der Waals surface area contributed by atoms with Crippen LogP contribution in [-0.4, -0.2) is 28.6 Å². The fourth-order valence-electron chi connectivity index (χ4n) is 2.15. The van der Waals surface area contributed by atoms with Gasteiger partial charge in [0.05, 0.1) is 16.3 Å². The van der Waals surface area contributed by atoms with Gasteiger partial charge in [-0.2, -0.15) is 4.37 Å². The zero-order chi connectivity index (χ0) is 13.2. The Morgan fingerprint density at radius 2 is 2.21 bits per heavy atom. The second-order valence-corrected chi connectivity index (χ2v) is 6.39. The lowest BCUT2D eigenvalue weighted by Crippen LogP contribution is -2.27. The molecule has 1 fully saturated rings. The Kier molecular flexibility index (Phi) is 3.67. The van der Waals surface area contributed by atoms with E-state index in [0.717, 1.165) is 47.3 Å². The molecule has 19 heavy (non-hydrogen) atoms. The molecular weight excluding hydrogens is 280 g/mol. The first-order valence-electron chi connectivity index (χ1n) is 6.26. The fraction of sp³-hybridized carbons (Fsp3) is 0.500. The van der Waals surface area contributed by atoms with Crippen molar-refractivity contribution in [3.8, 4) is 11.3 Å². The number of anilines is 2. The third-order valence-electron chi connectivity index (χ3n) is 3.15. The molecule has 3 heterocycles. The van der Waals surface area contributed by atoms with E-state index in [1.807, 2.05) is 12.3 Å². The van der Waals surface area contributed by atoms with Crippen molar-refractivity contribution >= 4 is 33.7 Å². The molecule has 0 radical (unpaired) electrons. The van der Waals surface area contributed by atoms with Crippen molar-refractivity contribution in [1.29, 1.82) is 0 Å². The van der Waals surface area contributed by atoms with Crippen molar-refractivity contribution < 1.29 is 4.74 Å². The minimum absolute atomic E-state index is 0.437. The molecule has 1 aliphatic heterocycles. The molecule has 0 aromatic carbocycles. The van der Waals surface area contributed by atoms with Crippen LogP contribution in [0.4, 0.5) is 10.8 Å². The van der Waals surface area contributed by atoms with Crippen molar-refractivity contribution in [1.82, 2.24) is 9.36 Å². The van der Waals surface area contributed by atoms with E-state index >= 15 is 0 Å². The van der Waals surface area contributed by atoms with Crippen LogP contribution in [0, 0.1) is 6.92 Å². The van der Waals surface area contributed by atoms with Gasteiger partial charge in [-0.1, -0.05) is 0 Å². The van der Waals surface area contributed by atoms with Crippen molar-refractivity contribution in [3.05, 3.63) is 10.4 Å². The van der Waals surface area contributed by atoms with Crippen LogP contribution in [-0.2, 0) is 4.74 Å². The first-order valence-corrected chi connectivity index (χ1v) is 7.91. The predicted octanol–water partition coefficient (Wildman–Crippen LogP) is 2.75. The number of rotatable bonds is 3. The molecule has 0 atom stereocenters. The maximum atomic E-state index is 5.99. The Morgan fingerprint density at radius 3 is 2.89 bits per heavy atom. The van der Waals surface area contributed by atoms with Crippen molar-refractivity contribution in [2.45, 2.75) is 25.8 Å². The number of aromatic nitrogens is 2. The number of nitrogen functional groups attached to an aromatic ring is 1. The van der Waals surface area contributed by atoms with Crippen LogP contribution in [0.25, 0.3) is 11.3 Å². The molecule has 102 valence electrons. The molecular formula is C12H16N4OS2. The summed E-state index contributed by atoms with van der Waals surface area (Å²) in [6.45, 7) is 3.63. The van der Waals surface area contributed by atoms with Gasteiger partial charge in [0.15, 0.2) is 0 Å². The summed E-state index contributed by atoms with van der Waals surface area (Å²) in [5.74, 6) is 0.560. The first-order chi connectivity index (χ1) is 9.24. The van der Waals surface area contributed by atoms with Gasteiger partial charge in [0.1, 0.15) is 10.8 Å². The van der Waals surface area contributed by atoms with Crippen molar-refractivity contribution in [2.24, 2.45) is 0 Å². The number of ether oxygens (including phenoxy) is 1. The van der Waals surface area contributed by atoms with E-state index in [4.69, 9.17) is 10.5 Å². The summed E-state index contributed by atoms with van der Waals surface area (Å²) in [6.07, 6.45) is 2.04. The standard InChI is InChI=1S/C12H16N4OS2/c1-7-14-9(6-18-7)10-11(13)16-19-12(10)15-8-2-4-17-5-3-8/h6,8,15H,2-5H2,1H3,(H2,13,16). The summed E-state index contributed by atoms with van der Waals surface area (Å²) < 4.78 is 9.63. The van der Waals surface area contributed by atoms with E-state index in [2.05, 4.69) is 14.7 Å². The molecule has 1 aliphatic rings. The Bertz CT molecular complexity index is 560. The van der Waals surface area contributed by atoms with Crippen LogP contribution in [0.3, 0.4) is 0 Å². The van der Waals surface area contributed by atoms with E-state index in [1.54, 1.807) is 11.3 Å². The number of thiazole rings is 1. The SMILES string of the molecule is Cc1nc(-c2c(N)nsc2NC2CCOCC2)cs1. The normalized spacial score (nSPS) is 16.7. The Morgan fingerprint density at radius 1 is 1.42 bits per heavy atom. The molecule has 7 heteroatoms. The second-order valence-electron chi connectivity index (χ2n) is 4.55. The maximum absolute atomic E-state index is 5.99. The fourth-order valence-corrected chi connectivity index (χ4v) is 3.56. The summed E-state index contributed by atoms with van der Waals surface area (Å²) in [6, 6.07) is 0.437. The molecule has 3 rings (SSSR count). The Balaban J connectivity index is 1.85. The van der Waals surface area contributed by atoms with E-state index in [9.17, 15) is 0 Å². The lowest BCUT2D eigenvalue weighted by molar-refractivity contribution is 0.0905. The molecule has 2 aromatic heterocycles. The lowest BCUT2D eigenvalue weighted by Gasteiger charge is -2.23. The summed E-state index contributed by atoms with van der Waals surface area (Å²) in [7, 11) is 0. The predicted molar refractivity (Wildman–Crippen MR) is 79.8 cm³/mol. The van der Waals surface area contributed by atoms with Crippen LogP contribution >= 0.6 is 22.9 Å². The molecule has 1 saturated heterocycles. The number of nitrogens with two attached hydrogens (primary N) is 1. The molecule has 0 saturated carbocycles. The number of hydrogen-bond acceptors (Lipinski definition) is 7. The molecule has 0 unspecified atom stereocenters. The van der Waals surface area contributed by atoms with Gasteiger partial charge in [0.25, 0.3) is 0 Å². The first kappa shape index (κ1) is 12.8. The highest BCUT2D eigenvalue weighted by Gasteiger charge is 2.20. The zero-order valence-corrected chi connectivity index (χ0v) is 12.3. The molecule has 3 N–H and O–H groups in total. The summed E-state index contributed by atoms with van der Waals surface area (Å²) in [4.78, 5) is 4.51. The van der Waals surface area contributed by atoms with Gasteiger partial charge in [-0.25, -0.2) is 4.98 Å². The smallest absolute Gasteiger partial charge is 0.148 e. The van der Waals surface area contributed by atoms with Crippen LogP contribution in [0.5, 0.6) is 0 Å². The van der Waals surface area contributed by atoms with Gasteiger partial charge >= 0.3 is 0 Å². The largest absolute Gasteiger partial charge is 0.382 e. The highest BCUT2D eigenvalue weighted by atomic mass is 32.1. The lowest BCUT2D eigenvalue weighted by atomic mass is 10.1. The number of hydrogen-bond donors (Lipinski definition) is 2. The quantitative estimate of drug-likeness (QED) is 0.911. The average molecular weight is 296 g/mol. The highest BCUT2D eigenvalue weighted by Crippen LogP contribution is 2.37. The van der Waals surface area contributed by atoms with E-state index in [-0.39, 0.29) is 0 Å². The molecule has 2 aromatic rings. The minimum Gasteiger partial charge on any atom is -0.382 e. The molecule has 0 spiro atoms. The van der Waals surface area contributed by atoms with Crippen molar-refractivity contribution in [2.75, 3.05) is 24.3 Å². The van der Waals surface area contributed by atoms with Crippen LogP contribution in [0.15, 0.2) is 5.38 Å². The summed E-state index contributed by atoms with van der Waals surface area (Å²) in [5, 5.41) is 7.63. The van der Waals surface area contributed by atoms with Crippen LogP contribution in [0.1, 0.15) is 17.8 Å². The van der Waals surface area contributed by atoms with Gasteiger partial charge in [-0.15, -0.1) is 11.3 Å².